The van der Waals surface area contributed by atoms with E-state index in [1.807, 2.05) is 6.92 Å². The Labute approximate surface area is 83.6 Å². The smallest absolute Gasteiger partial charge is 0.163 e. The lowest BCUT2D eigenvalue weighted by atomic mass is 9.93. The summed E-state index contributed by atoms with van der Waals surface area (Å²) < 4.78 is 0. The monoisotopic (exact) mass is 196 g/mol. The molecule has 0 saturated heterocycles. The van der Waals surface area contributed by atoms with Crippen molar-refractivity contribution in [3.63, 3.8) is 0 Å². The molecule has 0 unspecified atom stereocenters. The number of aliphatic hydroxyl groups is 1. The van der Waals surface area contributed by atoms with E-state index in [1.54, 1.807) is 26.8 Å². The fourth-order valence-corrected chi connectivity index (χ4v) is 1.35. The molecule has 0 spiro atoms. The predicted molar refractivity (Wildman–Crippen MR) is 54.5 cm³/mol. The summed E-state index contributed by atoms with van der Waals surface area (Å²) in [5.41, 5.74) is 0.672. The van der Waals surface area contributed by atoms with Crippen molar-refractivity contribution >= 4 is 0 Å². The Morgan fingerprint density at radius 1 is 1.07 bits per heavy atom. The molecule has 0 atom stereocenters. The van der Waals surface area contributed by atoms with Crippen molar-refractivity contribution in [3.05, 3.63) is 22.8 Å². The Kier molecular flexibility index (Phi) is 2.46. The van der Waals surface area contributed by atoms with Crippen molar-refractivity contribution in [1.82, 2.24) is 0 Å². The average molecular weight is 196 g/mol. The zero-order valence-corrected chi connectivity index (χ0v) is 8.92. The minimum Gasteiger partial charge on any atom is -0.504 e. The fourth-order valence-electron chi connectivity index (χ4n) is 1.35. The average Bonchev–Trinajstić information content (AvgIpc) is 2.06. The standard InChI is InChI=1S/C11H16O3/c1-6-5-8(11(3,4)14)10(13)9(12)7(6)2/h5,12-14H,1-4H3. The molecule has 3 nitrogen and oxygen atoms in total. The summed E-state index contributed by atoms with van der Waals surface area (Å²) in [7, 11) is 0. The van der Waals surface area contributed by atoms with Gasteiger partial charge in [-0.1, -0.05) is 0 Å². The van der Waals surface area contributed by atoms with Crippen LogP contribution in [0.2, 0.25) is 0 Å². The number of rotatable bonds is 1. The van der Waals surface area contributed by atoms with Gasteiger partial charge in [0.1, 0.15) is 0 Å². The molecule has 0 fully saturated rings. The molecule has 0 aliphatic rings. The second-order valence-corrected chi connectivity index (χ2v) is 4.12. The lowest BCUT2D eigenvalue weighted by Crippen LogP contribution is -2.16. The van der Waals surface area contributed by atoms with Crippen LogP contribution in [0.3, 0.4) is 0 Å². The van der Waals surface area contributed by atoms with Crippen LogP contribution in [0, 0.1) is 13.8 Å². The largest absolute Gasteiger partial charge is 0.504 e. The Balaban J connectivity index is 3.49. The van der Waals surface area contributed by atoms with Gasteiger partial charge in [-0.3, -0.25) is 0 Å². The van der Waals surface area contributed by atoms with Gasteiger partial charge >= 0.3 is 0 Å². The summed E-state index contributed by atoms with van der Waals surface area (Å²) in [5.74, 6) is -0.386. The van der Waals surface area contributed by atoms with E-state index in [0.717, 1.165) is 5.56 Å². The van der Waals surface area contributed by atoms with Crippen molar-refractivity contribution < 1.29 is 15.3 Å². The van der Waals surface area contributed by atoms with E-state index in [-0.39, 0.29) is 11.5 Å². The van der Waals surface area contributed by atoms with E-state index < -0.39 is 5.60 Å². The van der Waals surface area contributed by atoms with E-state index >= 15 is 0 Å². The second kappa shape index (κ2) is 3.17. The quantitative estimate of drug-likeness (QED) is 0.601. The summed E-state index contributed by atoms with van der Waals surface area (Å²) >= 11 is 0. The minimum absolute atomic E-state index is 0.151. The number of aryl methyl sites for hydroxylation is 1. The molecule has 0 radical (unpaired) electrons. The first-order valence-electron chi connectivity index (χ1n) is 4.50. The number of benzene rings is 1. The number of phenolic OH excluding ortho intramolecular Hbond substituents is 2. The fraction of sp³-hybridized carbons (Fsp3) is 0.455. The maximum absolute atomic E-state index is 9.74. The molecule has 0 aliphatic carbocycles. The summed E-state index contributed by atoms with van der Waals surface area (Å²) in [4.78, 5) is 0. The van der Waals surface area contributed by atoms with Gasteiger partial charge in [0.05, 0.1) is 5.60 Å². The van der Waals surface area contributed by atoms with Gasteiger partial charge < -0.3 is 15.3 Å². The van der Waals surface area contributed by atoms with Crippen molar-refractivity contribution in [2.24, 2.45) is 0 Å². The number of hydrogen-bond acceptors (Lipinski definition) is 3. The Bertz CT molecular complexity index is 362. The van der Waals surface area contributed by atoms with E-state index in [1.165, 1.54) is 0 Å². The van der Waals surface area contributed by atoms with Crippen LogP contribution in [0.25, 0.3) is 0 Å². The molecule has 1 aromatic carbocycles. The van der Waals surface area contributed by atoms with Crippen LogP contribution >= 0.6 is 0 Å². The van der Waals surface area contributed by atoms with Crippen LogP contribution in [-0.2, 0) is 5.60 Å². The van der Waals surface area contributed by atoms with Crippen molar-refractivity contribution in [2.45, 2.75) is 33.3 Å². The molecule has 0 amide bonds. The van der Waals surface area contributed by atoms with Crippen LogP contribution in [0.4, 0.5) is 0 Å². The lowest BCUT2D eigenvalue weighted by molar-refractivity contribution is 0.0752. The van der Waals surface area contributed by atoms with Gasteiger partial charge in [-0.15, -0.1) is 0 Å². The van der Waals surface area contributed by atoms with E-state index in [2.05, 4.69) is 0 Å². The van der Waals surface area contributed by atoms with Crippen LogP contribution in [-0.4, -0.2) is 15.3 Å². The summed E-state index contributed by atoms with van der Waals surface area (Å²) in [6.07, 6.45) is 0. The molecule has 14 heavy (non-hydrogen) atoms. The van der Waals surface area contributed by atoms with Crippen molar-refractivity contribution in [3.8, 4) is 11.5 Å². The number of hydrogen-bond donors (Lipinski definition) is 3. The molecule has 0 bridgehead atoms. The summed E-state index contributed by atoms with van der Waals surface area (Å²) in [5, 5.41) is 28.9. The highest BCUT2D eigenvalue weighted by Gasteiger charge is 2.23. The lowest BCUT2D eigenvalue weighted by Gasteiger charge is -2.21. The normalized spacial score (nSPS) is 11.8. The number of aromatic hydroxyl groups is 2. The van der Waals surface area contributed by atoms with Gasteiger partial charge in [0.2, 0.25) is 0 Å². The first kappa shape index (κ1) is 10.9. The number of phenols is 2. The zero-order chi connectivity index (χ0) is 11.1. The summed E-state index contributed by atoms with van der Waals surface area (Å²) in [6.45, 7) is 6.68. The third-order valence-corrected chi connectivity index (χ3v) is 2.45. The molecule has 1 aromatic rings. The maximum atomic E-state index is 9.74. The van der Waals surface area contributed by atoms with Crippen LogP contribution in [0.15, 0.2) is 6.07 Å². The minimum atomic E-state index is -1.15. The molecule has 0 aliphatic heterocycles. The van der Waals surface area contributed by atoms with E-state index in [0.29, 0.717) is 11.1 Å². The Hall–Kier alpha value is -1.22. The second-order valence-electron chi connectivity index (χ2n) is 4.12. The Morgan fingerprint density at radius 2 is 1.57 bits per heavy atom. The van der Waals surface area contributed by atoms with E-state index in [4.69, 9.17) is 0 Å². The predicted octanol–water partition coefficient (Wildman–Crippen LogP) is 1.94. The van der Waals surface area contributed by atoms with Gasteiger partial charge in [-0.05, 0) is 44.9 Å². The third-order valence-electron chi connectivity index (χ3n) is 2.45. The topological polar surface area (TPSA) is 60.7 Å². The molecule has 1 rings (SSSR count). The summed E-state index contributed by atoms with van der Waals surface area (Å²) in [6, 6.07) is 1.68. The van der Waals surface area contributed by atoms with Gasteiger partial charge in [-0.25, -0.2) is 0 Å². The SMILES string of the molecule is Cc1cc(C(C)(C)O)c(O)c(O)c1C. The highest BCUT2D eigenvalue weighted by Crippen LogP contribution is 2.39. The molecular formula is C11H16O3. The van der Waals surface area contributed by atoms with Crippen molar-refractivity contribution in [1.29, 1.82) is 0 Å². The molecule has 3 heteroatoms. The molecule has 0 heterocycles. The Morgan fingerprint density at radius 3 is 2.00 bits per heavy atom. The van der Waals surface area contributed by atoms with Crippen LogP contribution in [0.5, 0.6) is 11.5 Å². The maximum Gasteiger partial charge on any atom is 0.163 e. The first-order valence-corrected chi connectivity index (χ1v) is 4.50. The van der Waals surface area contributed by atoms with E-state index in [9.17, 15) is 15.3 Å². The zero-order valence-electron chi connectivity index (χ0n) is 8.92. The highest BCUT2D eigenvalue weighted by atomic mass is 16.3. The van der Waals surface area contributed by atoms with Gasteiger partial charge in [0, 0.05) is 5.56 Å². The van der Waals surface area contributed by atoms with Gasteiger partial charge in [-0.2, -0.15) is 0 Å². The van der Waals surface area contributed by atoms with Gasteiger partial charge in [0.15, 0.2) is 11.5 Å². The van der Waals surface area contributed by atoms with Crippen LogP contribution < -0.4 is 0 Å². The van der Waals surface area contributed by atoms with Gasteiger partial charge in [0.25, 0.3) is 0 Å². The highest BCUT2D eigenvalue weighted by molar-refractivity contribution is 5.54. The molecule has 3 N–H and O–H groups in total. The molecule has 0 aromatic heterocycles. The van der Waals surface area contributed by atoms with Crippen LogP contribution in [0.1, 0.15) is 30.5 Å². The third kappa shape index (κ3) is 1.68. The first-order chi connectivity index (χ1) is 6.25. The molecular weight excluding hydrogens is 180 g/mol. The molecule has 78 valence electrons. The van der Waals surface area contributed by atoms with Crippen molar-refractivity contribution in [2.75, 3.05) is 0 Å². The molecule has 0 saturated carbocycles.